The molecule has 1 amide bonds. The Morgan fingerprint density at radius 3 is 2.83 bits per heavy atom. The number of hydrogen-bond donors (Lipinski definition) is 2. The summed E-state index contributed by atoms with van der Waals surface area (Å²) in [6, 6.07) is 5.20. The van der Waals surface area contributed by atoms with Gasteiger partial charge in [-0.3, -0.25) is 4.79 Å². The van der Waals surface area contributed by atoms with Gasteiger partial charge in [0, 0.05) is 12.0 Å². The van der Waals surface area contributed by atoms with Gasteiger partial charge in [-0.25, -0.2) is 4.68 Å². The molecule has 3 rings (SSSR count). The number of aromatic nitrogens is 3. The van der Waals surface area contributed by atoms with Crippen LogP contribution in [0.2, 0.25) is 0 Å². The zero-order chi connectivity index (χ0) is 17.1. The number of thioether (sulfide) groups is 1. The lowest BCUT2D eigenvalue weighted by Gasteiger charge is -2.11. The molecule has 0 atom stereocenters. The summed E-state index contributed by atoms with van der Waals surface area (Å²) >= 11 is 1.25. The van der Waals surface area contributed by atoms with Crippen LogP contribution in [-0.2, 0) is 4.79 Å². The van der Waals surface area contributed by atoms with Gasteiger partial charge in [-0.1, -0.05) is 11.8 Å². The third-order valence-corrected chi connectivity index (χ3v) is 4.59. The number of rotatable bonds is 7. The quantitative estimate of drug-likeness (QED) is 0.578. The first-order chi connectivity index (χ1) is 11.6. The van der Waals surface area contributed by atoms with Crippen LogP contribution in [0.15, 0.2) is 23.4 Å². The molecular formula is C15H19N5O3S. The summed E-state index contributed by atoms with van der Waals surface area (Å²) < 4.78 is 11.9. The number of anilines is 1. The second-order valence-corrected chi connectivity index (χ2v) is 6.33. The highest BCUT2D eigenvalue weighted by Gasteiger charge is 2.30. The number of nitrogen functional groups attached to an aromatic ring is 1. The second-order valence-electron chi connectivity index (χ2n) is 5.39. The Morgan fingerprint density at radius 1 is 1.38 bits per heavy atom. The van der Waals surface area contributed by atoms with Crippen molar-refractivity contribution in [3.05, 3.63) is 24.0 Å². The minimum Gasteiger partial charge on any atom is -0.497 e. The molecule has 1 heterocycles. The zero-order valence-corrected chi connectivity index (χ0v) is 14.3. The van der Waals surface area contributed by atoms with E-state index in [2.05, 4.69) is 15.5 Å². The molecule has 8 nitrogen and oxygen atoms in total. The summed E-state index contributed by atoms with van der Waals surface area (Å²) in [6.07, 6.45) is 2.19. The van der Waals surface area contributed by atoms with Crippen LogP contribution in [0.5, 0.6) is 11.5 Å². The third kappa shape index (κ3) is 3.56. The molecule has 0 bridgehead atoms. The second kappa shape index (κ2) is 7.00. The van der Waals surface area contributed by atoms with Gasteiger partial charge in [0.2, 0.25) is 11.1 Å². The Kier molecular flexibility index (Phi) is 4.79. The van der Waals surface area contributed by atoms with Crippen molar-refractivity contribution in [1.82, 2.24) is 14.9 Å². The number of amides is 1. The molecule has 0 saturated heterocycles. The fourth-order valence-corrected chi connectivity index (χ4v) is 2.89. The molecule has 2 aromatic rings. The summed E-state index contributed by atoms with van der Waals surface area (Å²) in [4.78, 5) is 12.2. The molecule has 1 aromatic heterocycles. The van der Waals surface area contributed by atoms with E-state index in [9.17, 15) is 4.79 Å². The number of benzene rings is 1. The SMILES string of the molecule is COc1ccc(NC(=O)CSc2nnc(C3CC3)n2N)c(OC)c1. The average molecular weight is 349 g/mol. The summed E-state index contributed by atoms with van der Waals surface area (Å²) in [7, 11) is 3.11. The lowest BCUT2D eigenvalue weighted by molar-refractivity contribution is -0.113. The van der Waals surface area contributed by atoms with E-state index in [-0.39, 0.29) is 11.7 Å². The van der Waals surface area contributed by atoms with Crippen LogP contribution in [0.25, 0.3) is 0 Å². The minimum absolute atomic E-state index is 0.176. The number of carbonyl (C=O) groups excluding carboxylic acids is 1. The van der Waals surface area contributed by atoms with Gasteiger partial charge in [-0.05, 0) is 25.0 Å². The summed E-state index contributed by atoms with van der Waals surface area (Å²) in [5.41, 5.74) is 0.580. The molecule has 0 radical (unpaired) electrons. The fourth-order valence-electron chi connectivity index (χ4n) is 2.22. The topological polar surface area (TPSA) is 104 Å². The van der Waals surface area contributed by atoms with E-state index in [1.54, 1.807) is 25.3 Å². The van der Waals surface area contributed by atoms with Crippen LogP contribution in [0.1, 0.15) is 24.6 Å². The Hall–Kier alpha value is -2.42. The molecule has 1 saturated carbocycles. The van der Waals surface area contributed by atoms with E-state index in [1.165, 1.54) is 23.5 Å². The Bertz CT molecular complexity index is 745. The normalized spacial score (nSPS) is 13.6. The molecule has 0 spiro atoms. The predicted molar refractivity (Wildman–Crippen MR) is 91.0 cm³/mol. The molecule has 3 N–H and O–H groups in total. The van der Waals surface area contributed by atoms with Crippen molar-refractivity contribution in [3.8, 4) is 11.5 Å². The molecule has 1 aliphatic carbocycles. The lowest BCUT2D eigenvalue weighted by atomic mass is 10.2. The van der Waals surface area contributed by atoms with Crippen LogP contribution >= 0.6 is 11.8 Å². The van der Waals surface area contributed by atoms with Gasteiger partial charge in [0.25, 0.3) is 0 Å². The van der Waals surface area contributed by atoms with E-state index >= 15 is 0 Å². The van der Waals surface area contributed by atoms with Gasteiger partial charge in [-0.15, -0.1) is 10.2 Å². The zero-order valence-electron chi connectivity index (χ0n) is 13.5. The van der Waals surface area contributed by atoms with E-state index in [0.29, 0.717) is 28.3 Å². The maximum Gasteiger partial charge on any atom is 0.234 e. The number of hydrogen-bond acceptors (Lipinski definition) is 7. The van der Waals surface area contributed by atoms with Gasteiger partial charge in [0.15, 0.2) is 5.82 Å². The number of nitrogens with one attached hydrogen (secondary N) is 1. The summed E-state index contributed by atoms with van der Waals surface area (Å²) in [6.45, 7) is 0. The summed E-state index contributed by atoms with van der Waals surface area (Å²) in [5.74, 6) is 8.35. The van der Waals surface area contributed by atoms with E-state index in [4.69, 9.17) is 15.3 Å². The molecule has 9 heteroatoms. The van der Waals surface area contributed by atoms with Crippen molar-refractivity contribution < 1.29 is 14.3 Å². The highest BCUT2D eigenvalue weighted by atomic mass is 32.2. The molecule has 24 heavy (non-hydrogen) atoms. The van der Waals surface area contributed by atoms with Gasteiger partial charge >= 0.3 is 0 Å². The minimum atomic E-state index is -0.181. The monoisotopic (exact) mass is 349 g/mol. The van der Waals surface area contributed by atoms with Crippen LogP contribution in [0, 0.1) is 0 Å². The lowest BCUT2D eigenvalue weighted by Crippen LogP contribution is -2.17. The van der Waals surface area contributed by atoms with E-state index in [0.717, 1.165) is 18.7 Å². The van der Waals surface area contributed by atoms with Crippen molar-refractivity contribution >= 4 is 23.4 Å². The van der Waals surface area contributed by atoms with Crippen molar-refractivity contribution in [2.75, 3.05) is 31.1 Å². The first kappa shape index (κ1) is 16.4. The standard InChI is InChI=1S/C15H19N5O3S/c1-22-10-5-6-11(12(7-10)23-2)17-13(21)8-24-15-19-18-14(20(15)16)9-3-4-9/h5-7,9H,3-4,8,16H2,1-2H3,(H,17,21). The van der Waals surface area contributed by atoms with Gasteiger partial charge in [0.1, 0.15) is 11.5 Å². The number of nitrogens with zero attached hydrogens (tertiary/aromatic N) is 3. The Morgan fingerprint density at radius 2 is 2.17 bits per heavy atom. The van der Waals surface area contributed by atoms with Crippen molar-refractivity contribution in [2.45, 2.75) is 23.9 Å². The van der Waals surface area contributed by atoms with Gasteiger partial charge in [0.05, 0.1) is 25.7 Å². The number of ether oxygens (including phenoxy) is 2. The van der Waals surface area contributed by atoms with Crippen molar-refractivity contribution in [1.29, 1.82) is 0 Å². The number of nitrogens with two attached hydrogens (primary N) is 1. The highest BCUT2D eigenvalue weighted by molar-refractivity contribution is 7.99. The van der Waals surface area contributed by atoms with E-state index < -0.39 is 0 Å². The van der Waals surface area contributed by atoms with E-state index in [1.807, 2.05) is 0 Å². The maximum atomic E-state index is 12.2. The fraction of sp³-hybridized carbons (Fsp3) is 0.400. The Labute approximate surface area is 143 Å². The molecule has 0 unspecified atom stereocenters. The smallest absolute Gasteiger partial charge is 0.234 e. The maximum absolute atomic E-state index is 12.2. The number of methoxy groups -OCH3 is 2. The first-order valence-corrected chi connectivity index (χ1v) is 8.46. The average Bonchev–Trinajstić information content (AvgIpc) is 3.37. The van der Waals surface area contributed by atoms with Crippen molar-refractivity contribution in [2.24, 2.45) is 0 Å². The van der Waals surface area contributed by atoms with Crippen LogP contribution < -0.4 is 20.6 Å². The highest BCUT2D eigenvalue weighted by Crippen LogP contribution is 2.39. The molecule has 0 aliphatic heterocycles. The van der Waals surface area contributed by atoms with Crippen molar-refractivity contribution in [3.63, 3.8) is 0 Å². The Balaban J connectivity index is 1.59. The molecule has 1 aliphatic rings. The molecular weight excluding hydrogens is 330 g/mol. The first-order valence-electron chi connectivity index (χ1n) is 7.47. The molecule has 128 valence electrons. The van der Waals surface area contributed by atoms with Crippen LogP contribution in [0.4, 0.5) is 5.69 Å². The van der Waals surface area contributed by atoms with Crippen LogP contribution in [-0.4, -0.2) is 40.8 Å². The third-order valence-electron chi connectivity index (χ3n) is 3.65. The molecule has 1 fully saturated rings. The number of carbonyl (C=O) groups is 1. The van der Waals surface area contributed by atoms with Gasteiger partial charge in [-0.2, -0.15) is 0 Å². The largest absolute Gasteiger partial charge is 0.497 e. The van der Waals surface area contributed by atoms with Crippen LogP contribution in [0.3, 0.4) is 0 Å². The predicted octanol–water partition coefficient (Wildman–Crippen LogP) is 1.62. The molecule has 1 aromatic carbocycles. The van der Waals surface area contributed by atoms with Gasteiger partial charge < -0.3 is 20.6 Å². The summed E-state index contributed by atoms with van der Waals surface area (Å²) in [5, 5.41) is 11.5.